The maximum atomic E-state index is 11.4. The van der Waals surface area contributed by atoms with Crippen LogP contribution in [0.2, 0.25) is 0 Å². The number of methoxy groups -OCH3 is 1. The second-order valence-corrected chi connectivity index (χ2v) is 4.15. The summed E-state index contributed by atoms with van der Waals surface area (Å²) in [6.45, 7) is 0. The van der Waals surface area contributed by atoms with Gasteiger partial charge in [0.15, 0.2) is 0 Å². The molecule has 2 aromatic rings. The van der Waals surface area contributed by atoms with Gasteiger partial charge in [0, 0.05) is 6.42 Å². The van der Waals surface area contributed by atoms with Crippen LogP contribution in [0.25, 0.3) is 11.1 Å². The van der Waals surface area contributed by atoms with Crippen LogP contribution in [0.4, 0.5) is 0 Å². The summed E-state index contributed by atoms with van der Waals surface area (Å²) in [5, 5.41) is 0. The number of benzene rings is 2. The Hall–Kier alpha value is -2.42. The Balaban J connectivity index is 2.11. The van der Waals surface area contributed by atoms with Gasteiger partial charge < -0.3 is 4.74 Å². The van der Waals surface area contributed by atoms with E-state index in [1.807, 2.05) is 54.6 Å². The summed E-state index contributed by atoms with van der Waals surface area (Å²) < 4.78 is 4.39. The summed E-state index contributed by atoms with van der Waals surface area (Å²) in [6.07, 6.45) is 0.0712. The third kappa shape index (κ3) is 3.28. The van der Waals surface area contributed by atoms with Crippen molar-refractivity contribution in [2.45, 2.75) is 6.42 Å². The van der Waals surface area contributed by atoms with Gasteiger partial charge in [-0.2, -0.15) is 0 Å². The second kappa shape index (κ2) is 5.96. The normalized spacial score (nSPS) is 9.95. The fourth-order valence-corrected chi connectivity index (χ4v) is 1.82. The fraction of sp³-hybridized carbons (Fsp3) is 0.125. The van der Waals surface area contributed by atoms with Crippen LogP contribution in [-0.4, -0.2) is 18.9 Å². The van der Waals surface area contributed by atoms with Gasteiger partial charge in [0.05, 0.1) is 7.11 Å². The largest absolute Gasteiger partial charge is 0.463 e. The van der Waals surface area contributed by atoms with Gasteiger partial charge in [0.25, 0.3) is 0 Å². The number of hydrogen-bond acceptors (Lipinski definition) is 3. The van der Waals surface area contributed by atoms with E-state index in [0.717, 1.165) is 16.7 Å². The Morgan fingerprint density at radius 1 is 0.895 bits per heavy atom. The average molecular weight is 254 g/mol. The predicted molar refractivity (Wildman–Crippen MR) is 72.6 cm³/mol. The highest BCUT2D eigenvalue weighted by molar-refractivity contribution is 6.34. The summed E-state index contributed by atoms with van der Waals surface area (Å²) in [5.41, 5.74) is 3.00. The van der Waals surface area contributed by atoms with Crippen molar-refractivity contribution in [1.29, 1.82) is 0 Å². The van der Waals surface area contributed by atoms with Crippen molar-refractivity contribution in [2.75, 3.05) is 7.11 Å². The van der Waals surface area contributed by atoms with E-state index in [2.05, 4.69) is 4.74 Å². The first-order valence-electron chi connectivity index (χ1n) is 5.96. The average Bonchev–Trinajstić information content (AvgIpc) is 2.48. The number of esters is 1. The van der Waals surface area contributed by atoms with Gasteiger partial charge in [0.1, 0.15) is 0 Å². The number of carbonyl (C=O) groups is 2. The minimum atomic E-state index is -0.799. The van der Waals surface area contributed by atoms with Crippen molar-refractivity contribution in [1.82, 2.24) is 0 Å². The van der Waals surface area contributed by atoms with Crippen LogP contribution in [-0.2, 0) is 20.7 Å². The van der Waals surface area contributed by atoms with Gasteiger partial charge >= 0.3 is 5.97 Å². The van der Waals surface area contributed by atoms with Gasteiger partial charge in [-0.1, -0.05) is 54.6 Å². The van der Waals surface area contributed by atoms with E-state index in [4.69, 9.17) is 0 Å². The van der Waals surface area contributed by atoms with Crippen LogP contribution in [0, 0.1) is 0 Å². The SMILES string of the molecule is COC(=O)C(=O)Cc1ccc(-c2ccccc2)cc1. The van der Waals surface area contributed by atoms with E-state index in [0.29, 0.717) is 0 Å². The molecule has 2 aromatic carbocycles. The Kier molecular flexibility index (Phi) is 4.08. The number of carbonyl (C=O) groups excluding carboxylic acids is 2. The molecule has 0 saturated carbocycles. The van der Waals surface area contributed by atoms with Gasteiger partial charge in [-0.3, -0.25) is 4.79 Å². The minimum Gasteiger partial charge on any atom is -0.463 e. The zero-order valence-corrected chi connectivity index (χ0v) is 10.6. The Bertz CT molecular complexity index is 571. The lowest BCUT2D eigenvalue weighted by Crippen LogP contribution is -2.17. The number of ketones is 1. The first-order valence-corrected chi connectivity index (χ1v) is 5.96. The Morgan fingerprint density at radius 2 is 1.47 bits per heavy atom. The fourth-order valence-electron chi connectivity index (χ4n) is 1.82. The quantitative estimate of drug-likeness (QED) is 0.622. The molecule has 0 heterocycles. The summed E-state index contributed by atoms with van der Waals surface area (Å²) in [7, 11) is 1.21. The number of Topliss-reactive ketones (excluding diaryl/α,β-unsaturated/α-hetero) is 1. The van der Waals surface area contributed by atoms with E-state index in [1.54, 1.807) is 0 Å². The van der Waals surface area contributed by atoms with Crippen LogP contribution in [0.3, 0.4) is 0 Å². The molecule has 0 N–H and O–H groups in total. The van der Waals surface area contributed by atoms with E-state index >= 15 is 0 Å². The lowest BCUT2D eigenvalue weighted by atomic mass is 10.0. The molecule has 3 nitrogen and oxygen atoms in total. The zero-order chi connectivity index (χ0) is 13.7. The van der Waals surface area contributed by atoms with Crippen molar-refractivity contribution >= 4 is 11.8 Å². The molecule has 0 aliphatic carbocycles. The molecule has 2 rings (SSSR count). The summed E-state index contributed by atoms with van der Waals surface area (Å²) in [4.78, 5) is 22.5. The molecule has 0 unspecified atom stereocenters. The molecule has 0 atom stereocenters. The number of rotatable bonds is 4. The highest BCUT2D eigenvalue weighted by Crippen LogP contribution is 2.19. The molecule has 0 saturated heterocycles. The topological polar surface area (TPSA) is 43.4 Å². The summed E-state index contributed by atoms with van der Waals surface area (Å²) in [6, 6.07) is 17.5. The molecule has 0 aliphatic heterocycles. The monoisotopic (exact) mass is 254 g/mol. The van der Waals surface area contributed by atoms with Gasteiger partial charge in [-0.15, -0.1) is 0 Å². The van der Waals surface area contributed by atoms with Crippen molar-refractivity contribution in [2.24, 2.45) is 0 Å². The molecule has 0 spiro atoms. The minimum absolute atomic E-state index is 0.0712. The van der Waals surface area contributed by atoms with Crippen LogP contribution >= 0.6 is 0 Å². The lowest BCUT2D eigenvalue weighted by molar-refractivity contribution is -0.151. The number of hydrogen-bond donors (Lipinski definition) is 0. The molecular weight excluding hydrogens is 240 g/mol. The van der Waals surface area contributed by atoms with Gasteiger partial charge in [-0.05, 0) is 16.7 Å². The van der Waals surface area contributed by atoms with Crippen LogP contribution < -0.4 is 0 Å². The third-order valence-corrected chi connectivity index (χ3v) is 2.84. The molecular formula is C16H14O3. The highest BCUT2D eigenvalue weighted by Gasteiger charge is 2.14. The van der Waals surface area contributed by atoms with Gasteiger partial charge in [-0.25, -0.2) is 4.79 Å². The molecule has 0 aliphatic rings. The Labute approximate surface area is 111 Å². The maximum Gasteiger partial charge on any atom is 0.374 e. The smallest absolute Gasteiger partial charge is 0.374 e. The molecule has 0 bridgehead atoms. The number of ether oxygens (including phenoxy) is 1. The zero-order valence-electron chi connectivity index (χ0n) is 10.6. The molecule has 0 radical (unpaired) electrons. The molecule has 0 aromatic heterocycles. The van der Waals surface area contributed by atoms with E-state index in [9.17, 15) is 9.59 Å². The molecule has 3 heteroatoms. The Morgan fingerprint density at radius 3 is 2.05 bits per heavy atom. The van der Waals surface area contributed by atoms with Crippen molar-refractivity contribution in [3.63, 3.8) is 0 Å². The van der Waals surface area contributed by atoms with Crippen LogP contribution in [0.5, 0.6) is 0 Å². The van der Waals surface area contributed by atoms with Gasteiger partial charge in [0.2, 0.25) is 5.78 Å². The molecule has 0 fully saturated rings. The second-order valence-electron chi connectivity index (χ2n) is 4.15. The van der Waals surface area contributed by atoms with E-state index in [-0.39, 0.29) is 6.42 Å². The van der Waals surface area contributed by atoms with Crippen molar-refractivity contribution in [3.05, 3.63) is 60.2 Å². The first kappa shape index (κ1) is 13.0. The molecule has 19 heavy (non-hydrogen) atoms. The highest BCUT2D eigenvalue weighted by atomic mass is 16.5. The van der Waals surface area contributed by atoms with Crippen molar-refractivity contribution in [3.8, 4) is 11.1 Å². The molecule has 0 amide bonds. The van der Waals surface area contributed by atoms with Crippen molar-refractivity contribution < 1.29 is 14.3 Å². The van der Waals surface area contributed by atoms with E-state index < -0.39 is 11.8 Å². The summed E-state index contributed by atoms with van der Waals surface area (Å²) >= 11 is 0. The molecule has 96 valence electrons. The third-order valence-electron chi connectivity index (χ3n) is 2.84. The predicted octanol–water partition coefficient (Wildman–Crippen LogP) is 2.64. The first-order chi connectivity index (χ1) is 9.20. The van der Waals surface area contributed by atoms with Crippen LogP contribution in [0.15, 0.2) is 54.6 Å². The maximum absolute atomic E-state index is 11.4. The standard InChI is InChI=1S/C16H14O3/c1-19-16(18)15(17)11-12-7-9-14(10-8-12)13-5-3-2-4-6-13/h2-10H,11H2,1H3. The summed E-state index contributed by atoms with van der Waals surface area (Å²) in [5.74, 6) is -1.33. The lowest BCUT2D eigenvalue weighted by Gasteiger charge is -2.03. The van der Waals surface area contributed by atoms with Crippen LogP contribution in [0.1, 0.15) is 5.56 Å². The van der Waals surface area contributed by atoms with E-state index in [1.165, 1.54) is 7.11 Å².